The molecule has 0 aliphatic carbocycles. The molecule has 2 N–H and O–H groups in total. The van der Waals surface area contributed by atoms with E-state index in [9.17, 15) is 0 Å². The van der Waals surface area contributed by atoms with Gasteiger partial charge in [0.25, 0.3) is 0 Å². The number of hydrogen-bond acceptors (Lipinski definition) is 4. The van der Waals surface area contributed by atoms with Crippen molar-refractivity contribution in [3.05, 3.63) is 84.9 Å². The summed E-state index contributed by atoms with van der Waals surface area (Å²) < 4.78 is 31.6. The maximum absolute atomic E-state index is 8.74. The molecule has 0 aliphatic rings. The molecule has 0 radical (unpaired) electrons. The number of fused-ring (bicyclic) bond motifs is 2. The molecule has 4 aromatic carbocycles. The van der Waals surface area contributed by atoms with Crippen molar-refractivity contribution >= 4 is 53.5 Å². The van der Waals surface area contributed by atoms with Crippen molar-refractivity contribution in [2.24, 2.45) is 0 Å². The Kier molecular flexibility index (Phi) is 11.9. The van der Waals surface area contributed by atoms with Crippen molar-refractivity contribution in [3.63, 3.8) is 0 Å². The fourth-order valence-electron chi connectivity index (χ4n) is 2.48. The van der Waals surface area contributed by atoms with Crippen LogP contribution in [0.5, 0.6) is 0 Å². The van der Waals surface area contributed by atoms with Crippen LogP contribution in [-0.4, -0.2) is 17.5 Å². The first-order chi connectivity index (χ1) is 12.9. The Morgan fingerprint density at radius 1 is 0.655 bits per heavy atom. The van der Waals surface area contributed by atoms with Crippen LogP contribution in [0, 0.1) is 12.1 Å². The van der Waals surface area contributed by atoms with Gasteiger partial charge in [-0.15, -0.1) is 91.7 Å². The molecular formula is C20H14Na2O4S3. The van der Waals surface area contributed by atoms with Crippen molar-refractivity contribution in [1.82, 2.24) is 0 Å². The molecule has 4 rings (SSSR count). The third-order valence-corrected chi connectivity index (χ3v) is 5.99. The zero-order valence-corrected chi connectivity index (χ0v) is 22.3. The summed E-state index contributed by atoms with van der Waals surface area (Å²) in [6.07, 6.45) is 0. The van der Waals surface area contributed by atoms with Gasteiger partial charge in [-0.1, -0.05) is 46.2 Å². The minimum atomic E-state index is -4.67. The van der Waals surface area contributed by atoms with Crippen molar-refractivity contribution in [2.75, 3.05) is 0 Å². The summed E-state index contributed by atoms with van der Waals surface area (Å²) in [5.74, 6) is 0. The predicted molar refractivity (Wildman–Crippen MR) is 111 cm³/mol. The molecule has 0 bridgehead atoms. The Labute approximate surface area is 222 Å². The monoisotopic (exact) mass is 460 g/mol. The summed E-state index contributed by atoms with van der Waals surface area (Å²) in [5.41, 5.74) is 0. The van der Waals surface area contributed by atoms with Crippen LogP contribution in [0.2, 0.25) is 0 Å². The minimum Gasteiger partial charge on any atom is -0.264 e. The maximum Gasteiger partial charge on any atom is 1.00 e. The standard InChI is InChI=1S/C20H12S2.2Na.H2O4S/c1-3-11-17-15(7-1)9-5-13-19(17)21-22-20-14-6-10-16-8-2-4-12-18(16)20;;;1-5(2,3)4/h1-10,13-14H;;;(H2,1,2,3,4)/q-2;2*+1;. The average Bonchev–Trinajstić information content (AvgIpc) is 2.65. The van der Waals surface area contributed by atoms with Crippen molar-refractivity contribution in [2.45, 2.75) is 9.79 Å². The van der Waals surface area contributed by atoms with Gasteiger partial charge < -0.3 is 0 Å². The van der Waals surface area contributed by atoms with E-state index in [0.717, 1.165) is 0 Å². The quantitative estimate of drug-likeness (QED) is 0.190. The molecule has 0 atom stereocenters. The normalized spacial score (nSPS) is 10.4. The molecule has 0 aliphatic heterocycles. The smallest absolute Gasteiger partial charge is 0.264 e. The van der Waals surface area contributed by atoms with Crippen LogP contribution >= 0.6 is 21.6 Å². The Balaban J connectivity index is 0.000000542. The van der Waals surface area contributed by atoms with Gasteiger partial charge in [-0.2, -0.15) is 8.42 Å². The molecule has 4 nitrogen and oxygen atoms in total. The van der Waals surface area contributed by atoms with Gasteiger partial charge in [-0.3, -0.25) is 9.11 Å². The molecule has 0 saturated heterocycles. The Bertz CT molecular complexity index is 1090. The molecule has 0 heterocycles. The Morgan fingerprint density at radius 2 is 1.00 bits per heavy atom. The summed E-state index contributed by atoms with van der Waals surface area (Å²) in [6, 6.07) is 31.8. The van der Waals surface area contributed by atoms with E-state index in [1.54, 1.807) is 21.6 Å². The molecule has 0 spiro atoms. The third-order valence-electron chi connectivity index (χ3n) is 3.54. The Hall–Kier alpha value is -0.0300. The van der Waals surface area contributed by atoms with Gasteiger partial charge in [0, 0.05) is 0 Å². The molecular weight excluding hydrogens is 446 g/mol. The minimum absolute atomic E-state index is 0. The summed E-state index contributed by atoms with van der Waals surface area (Å²) in [5, 5.41) is 4.84. The second-order valence-electron chi connectivity index (χ2n) is 5.40. The van der Waals surface area contributed by atoms with Crippen LogP contribution in [0.25, 0.3) is 21.5 Å². The van der Waals surface area contributed by atoms with E-state index in [2.05, 4.69) is 60.7 Å². The first-order valence-corrected chi connectivity index (χ1v) is 11.3. The summed E-state index contributed by atoms with van der Waals surface area (Å²) >= 11 is 0. The van der Waals surface area contributed by atoms with Crippen LogP contribution in [0.15, 0.2) is 82.6 Å². The van der Waals surface area contributed by atoms with Crippen molar-refractivity contribution in [1.29, 1.82) is 0 Å². The number of rotatable bonds is 3. The van der Waals surface area contributed by atoms with E-state index in [1.165, 1.54) is 31.3 Å². The Morgan fingerprint density at radius 3 is 1.38 bits per heavy atom. The van der Waals surface area contributed by atoms with E-state index < -0.39 is 10.4 Å². The maximum atomic E-state index is 8.74. The zero-order valence-electron chi connectivity index (χ0n) is 15.9. The molecule has 0 unspecified atom stereocenters. The van der Waals surface area contributed by atoms with E-state index in [0.29, 0.717) is 0 Å². The van der Waals surface area contributed by atoms with Crippen molar-refractivity contribution in [3.8, 4) is 0 Å². The van der Waals surface area contributed by atoms with Crippen LogP contribution in [0.3, 0.4) is 0 Å². The van der Waals surface area contributed by atoms with Gasteiger partial charge in [0.05, 0.1) is 0 Å². The summed E-state index contributed by atoms with van der Waals surface area (Å²) in [4.78, 5) is 2.49. The fraction of sp³-hybridized carbons (Fsp3) is 0. The first-order valence-electron chi connectivity index (χ1n) is 7.75. The van der Waals surface area contributed by atoms with Gasteiger partial charge in [0.2, 0.25) is 0 Å². The number of benzene rings is 4. The molecule has 9 heteroatoms. The van der Waals surface area contributed by atoms with Gasteiger partial charge in [0.15, 0.2) is 0 Å². The van der Waals surface area contributed by atoms with Crippen LogP contribution in [0.4, 0.5) is 0 Å². The van der Waals surface area contributed by atoms with Gasteiger partial charge in [-0.05, 0) is 0 Å². The topological polar surface area (TPSA) is 74.6 Å². The molecule has 0 amide bonds. The van der Waals surface area contributed by atoms with Crippen LogP contribution in [0.1, 0.15) is 0 Å². The SMILES string of the molecule is O=S(=O)(O)O.[Na+].[Na+].[c-]1cccc2cccc(SSc3cccc4ccc[c-]c34)c12. The van der Waals surface area contributed by atoms with E-state index >= 15 is 0 Å². The molecule has 138 valence electrons. The molecule has 29 heavy (non-hydrogen) atoms. The second kappa shape index (κ2) is 12.7. The van der Waals surface area contributed by atoms with Gasteiger partial charge in [0.1, 0.15) is 0 Å². The predicted octanol–water partition coefficient (Wildman–Crippen LogP) is -0.252. The largest absolute Gasteiger partial charge is 1.00 e. The number of hydrogen-bond donors (Lipinski definition) is 2. The van der Waals surface area contributed by atoms with E-state index in [4.69, 9.17) is 17.5 Å². The summed E-state index contributed by atoms with van der Waals surface area (Å²) in [7, 11) is -1.10. The fourth-order valence-corrected chi connectivity index (χ4v) is 4.82. The van der Waals surface area contributed by atoms with Gasteiger partial charge in [-0.25, -0.2) is 0 Å². The zero-order chi connectivity index (χ0) is 19.3. The molecule has 0 fully saturated rings. The molecule has 0 aromatic heterocycles. The molecule has 0 saturated carbocycles. The van der Waals surface area contributed by atoms with Crippen molar-refractivity contribution < 1.29 is 76.6 Å². The first kappa shape index (κ1) is 27.0. The third kappa shape index (κ3) is 8.55. The van der Waals surface area contributed by atoms with Gasteiger partial charge >= 0.3 is 69.5 Å². The second-order valence-corrected chi connectivity index (χ2v) is 8.50. The summed E-state index contributed by atoms with van der Waals surface area (Å²) in [6.45, 7) is 0. The van der Waals surface area contributed by atoms with Crippen LogP contribution in [-0.2, 0) is 10.4 Å². The van der Waals surface area contributed by atoms with E-state index in [1.807, 2.05) is 24.3 Å². The molecule has 4 aromatic rings. The van der Waals surface area contributed by atoms with Crippen LogP contribution < -0.4 is 59.1 Å². The average molecular weight is 461 g/mol. The van der Waals surface area contributed by atoms with E-state index in [-0.39, 0.29) is 59.1 Å².